The fourth-order valence-electron chi connectivity index (χ4n) is 3.23. The molecule has 5 heteroatoms. The average molecular weight is 325 g/mol. The highest BCUT2D eigenvalue weighted by Crippen LogP contribution is 2.27. The molecule has 3 rings (SSSR count). The molecular formula is C19H23N3O2. The number of aryl methyl sites for hydroxylation is 1. The second kappa shape index (κ2) is 7.03. The van der Waals surface area contributed by atoms with Gasteiger partial charge in [-0.3, -0.25) is 10.2 Å². The number of hydrogen-bond acceptors (Lipinski definition) is 4. The van der Waals surface area contributed by atoms with Gasteiger partial charge in [0, 0.05) is 12.0 Å². The molecule has 1 saturated heterocycles. The molecule has 24 heavy (non-hydrogen) atoms. The Kier molecular flexibility index (Phi) is 4.83. The lowest BCUT2D eigenvalue weighted by Gasteiger charge is -2.23. The molecule has 1 aliphatic rings. The molecule has 0 spiro atoms. The zero-order valence-corrected chi connectivity index (χ0v) is 14.2. The van der Waals surface area contributed by atoms with Crippen molar-refractivity contribution in [2.24, 2.45) is 0 Å². The first-order valence-corrected chi connectivity index (χ1v) is 8.11. The molecule has 0 aliphatic carbocycles. The van der Waals surface area contributed by atoms with Crippen LogP contribution < -0.4 is 20.9 Å². The molecular weight excluding hydrogens is 302 g/mol. The van der Waals surface area contributed by atoms with E-state index in [9.17, 15) is 4.79 Å². The molecule has 2 aromatic carbocycles. The number of carbonyl (C=O) groups is 1. The van der Waals surface area contributed by atoms with Crippen LogP contribution in [0.5, 0.6) is 5.75 Å². The summed E-state index contributed by atoms with van der Waals surface area (Å²) < 4.78 is 5.28. The topological polar surface area (TPSA) is 62.4 Å². The van der Waals surface area contributed by atoms with Crippen LogP contribution in [-0.4, -0.2) is 25.2 Å². The van der Waals surface area contributed by atoms with Crippen LogP contribution in [-0.2, 0) is 0 Å². The second-order valence-corrected chi connectivity index (χ2v) is 6.17. The van der Waals surface area contributed by atoms with Crippen molar-refractivity contribution in [1.82, 2.24) is 16.2 Å². The number of amides is 1. The summed E-state index contributed by atoms with van der Waals surface area (Å²) >= 11 is 0. The number of carbonyl (C=O) groups excluding carboxylic acids is 1. The second-order valence-electron chi connectivity index (χ2n) is 6.17. The molecule has 1 aliphatic heterocycles. The van der Waals surface area contributed by atoms with E-state index in [0.29, 0.717) is 11.3 Å². The van der Waals surface area contributed by atoms with Crippen LogP contribution in [0.4, 0.5) is 0 Å². The molecule has 0 aromatic heterocycles. The van der Waals surface area contributed by atoms with Crippen LogP contribution in [0, 0.1) is 6.92 Å². The highest BCUT2D eigenvalue weighted by atomic mass is 16.5. The fraction of sp³-hybridized carbons (Fsp3) is 0.316. The van der Waals surface area contributed by atoms with Gasteiger partial charge in [0.15, 0.2) is 0 Å². The number of ether oxygens (including phenoxy) is 1. The molecule has 0 saturated carbocycles. The molecule has 1 amide bonds. The molecule has 126 valence electrons. The van der Waals surface area contributed by atoms with Gasteiger partial charge in [0.05, 0.1) is 12.7 Å². The van der Waals surface area contributed by atoms with Crippen LogP contribution in [0.1, 0.15) is 34.3 Å². The number of hydrogen-bond donors (Lipinski definition) is 3. The first kappa shape index (κ1) is 16.5. The number of rotatable bonds is 4. The lowest BCUT2D eigenvalue weighted by molar-refractivity contribution is 0.0925. The van der Waals surface area contributed by atoms with E-state index in [1.807, 2.05) is 12.1 Å². The Morgan fingerprint density at radius 2 is 1.92 bits per heavy atom. The summed E-state index contributed by atoms with van der Waals surface area (Å²) in [7, 11) is 1.57. The van der Waals surface area contributed by atoms with E-state index in [0.717, 1.165) is 0 Å². The normalized spacial score (nSPS) is 23.0. The van der Waals surface area contributed by atoms with Gasteiger partial charge in [0.1, 0.15) is 11.9 Å². The highest BCUT2D eigenvalue weighted by Gasteiger charge is 2.35. The quantitative estimate of drug-likeness (QED) is 0.807. The maximum atomic E-state index is 12.7. The van der Waals surface area contributed by atoms with Crippen molar-refractivity contribution in [3.8, 4) is 5.75 Å². The molecule has 2 aromatic rings. The largest absolute Gasteiger partial charge is 0.496 e. The van der Waals surface area contributed by atoms with Gasteiger partial charge in [-0.15, -0.1) is 0 Å². The van der Waals surface area contributed by atoms with Crippen LogP contribution in [0.2, 0.25) is 0 Å². The Bertz CT molecular complexity index is 732. The summed E-state index contributed by atoms with van der Waals surface area (Å²) in [6, 6.07) is 15.8. The minimum Gasteiger partial charge on any atom is -0.496 e. The van der Waals surface area contributed by atoms with Crippen molar-refractivity contribution in [1.29, 1.82) is 0 Å². The predicted molar refractivity (Wildman–Crippen MR) is 93.9 cm³/mol. The summed E-state index contributed by atoms with van der Waals surface area (Å²) in [5, 5.41) is 3.08. The Hall–Kier alpha value is -2.37. The molecule has 3 N–H and O–H groups in total. The van der Waals surface area contributed by atoms with E-state index in [-0.39, 0.29) is 24.0 Å². The monoisotopic (exact) mass is 325 g/mol. The standard InChI is InChI=1S/C19H23N3O2/c1-12-7-6-8-14(11-12)17-13(2)21-22-18(17)20-19(23)15-9-4-5-10-16(15)24-3/h4-11,13,17-18,21-22H,1-3H3,(H,20,23). The van der Waals surface area contributed by atoms with Gasteiger partial charge < -0.3 is 10.1 Å². The lowest BCUT2D eigenvalue weighted by atomic mass is 9.90. The van der Waals surface area contributed by atoms with Crippen molar-refractivity contribution in [3.05, 3.63) is 65.2 Å². The number of methoxy groups -OCH3 is 1. The van der Waals surface area contributed by atoms with E-state index >= 15 is 0 Å². The van der Waals surface area contributed by atoms with Crippen LogP contribution in [0.25, 0.3) is 0 Å². The predicted octanol–water partition coefficient (Wildman–Crippen LogP) is 2.34. The van der Waals surface area contributed by atoms with Gasteiger partial charge in [-0.2, -0.15) is 0 Å². The Morgan fingerprint density at radius 1 is 1.12 bits per heavy atom. The molecule has 0 bridgehead atoms. The molecule has 0 radical (unpaired) electrons. The van der Waals surface area contributed by atoms with Gasteiger partial charge >= 0.3 is 0 Å². The number of nitrogens with one attached hydrogen (secondary N) is 3. The fourth-order valence-corrected chi connectivity index (χ4v) is 3.23. The van der Waals surface area contributed by atoms with Gasteiger partial charge in [-0.25, -0.2) is 5.43 Å². The number of benzene rings is 2. The minimum atomic E-state index is -0.195. The van der Waals surface area contributed by atoms with Crippen LogP contribution in [0.15, 0.2) is 48.5 Å². The average Bonchev–Trinajstić information content (AvgIpc) is 2.95. The van der Waals surface area contributed by atoms with E-state index < -0.39 is 0 Å². The van der Waals surface area contributed by atoms with E-state index in [1.54, 1.807) is 19.2 Å². The van der Waals surface area contributed by atoms with Gasteiger partial charge in [-0.05, 0) is 31.5 Å². The Labute approximate surface area is 142 Å². The maximum Gasteiger partial charge on any atom is 0.256 e. The maximum absolute atomic E-state index is 12.7. The van der Waals surface area contributed by atoms with E-state index in [4.69, 9.17) is 4.74 Å². The van der Waals surface area contributed by atoms with Crippen LogP contribution in [0.3, 0.4) is 0 Å². The molecule has 1 heterocycles. The first-order chi connectivity index (χ1) is 11.6. The summed E-state index contributed by atoms with van der Waals surface area (Å²) in [6.07, 6.45) is -0.195. The minimum absolute atomic E-state index is 0.142. The SMILES string of the molecule is COc1ccccc1C(=O)NC1NNC(C)C1c1cccc(C)c1. The summed E-state index contributed by atoms with van der Waals surface area (Å²) in [6.45, 7) is 4.18. The third-order valence-corrected chi connectivity index (χ3v) is 4.43. The molecule has 3 atom stereocenters. The van der Waals surface area contributed by atoms with E-state index in [1.165, 1.54) is 11.1 Å². The van der Waals surface area contributed by atoms with Crippen LogP contribution >= 0.6 is 0 Å². The van der Waals surface area contributed by atoms with Crippen molar-refractivity contribution < 1.29 is 9.53 Å². The van der Waals surface area contributed by atoms with Gasteiger partial charge in [0.2, 0.25) is 0 Å². The summed E-state index contributed by atoms with van der Waals surface area (Å²) in [5.74, 6) is 0.558. The number of hydrazine groups is 1. The van der Waals surface area contributed by atoms with Gasteiger partial charge in [-0.1, -0.05) is 42.0 Å². The first-order valence-electron chi connectivity index (χ1n) is 8.11. The lowest BCUT2D eigenvalue weighted by Crippen LogP contribution is -2.46. The van der Waals surface area contributed by atoms with Crippen molar-refractivity contribution in [3.63, 3.8) is 0 Å². The zero-order valence-electron chi connectivity index (χ0n) is 14.2. The van der Waals surface area contributed by atoms with Crippen molar-refractivity contribution in [2.45, 2.75) is 32.0 Å². The molecule has 5 nitrogen and oxygen atoms in total. The summed E-state index contributed by atoms with van der Waals surface area (Å²) in [5.41, 5.74) is 9.36. The van der Waals surface area contributed by atoms with Crippen molar-refractivity contribution >= 4 is 5.91 Å². The van der Waals surface area contributed by atoms with Gasteiger partial charge in [0.25, 0.3) is 5.91 Å². The highest BCUT2D eigenvalue weighted by molar-refractivity contribution is 5.97. The Morgan fingerprint density at radius 3 is 2.67 bits per heavy atom. The smallest absolute Gasteiger partial charge is 0.256 e. The number of para-hydroxylation sites is 1. The van der Waals surface area contributed by atoms with Crippen molar-refractivity contribution in [2.75, 3.05) is 7.11 Å². The zero-order chi connectivity index (χ0) is 17.1. The van der Waals surface area contributed by atoms with E-state index in [2.05, 4.69) is 54.3 Å². The molecule has 3 unspecified atom stereocenters. The summed E-state index contributed by atoms with van der Waals surface area (Å²) in [4.78, 5) is 12.7. The third-order valence-electron chi connectivity index (χ3n) is 4.43. The Balaban J connectivity index is 1.82. The third kappa shape index (κ3) is 3.27. The molecule has 1 fully saturated rings.